The molecule has 1 fully saturated rings. The van der Waals surface area contributed by atoms with Gasteiger partial charge in [-0.15, -0.1) is 0 Å². The first-order valence-corrected chi connectivity index (χ1v) is 14.6. The van der Waals surface area contributed by atoms with E-state index in [-0.39, 0.29) is 27.0 Å². The second kappa shape index (κ2) is 13.1. The summed E-state index contributed by atoms with van der Waals surface area (Å²) in [6.07, 6.45) is -0.361. The largest absolute Gasteiger partial charge is 0.462 e. The topological polar surface area (TPSA) is 76.2 Å². The van der Waals surface area contributed by atoms with Crippen LogP contribution in [0.15, 0.2) is 77.7 Å². The van der Waals surface area contributed by atoms with Gasteiger partial charge in [-0.25, -0.2) is 13.2 Å². The van der Waals surface area contributed by atoms with E-state index in [1.54, 1.807) is 19.1 Å². The second-order valence-electron chi connectivity index (χ2n) is 8.86. The van der Waals surface area contributed by atoms with Gasteiger partial charge in [0.1, 0.15) is 6.10 Å². The first kappa shape index (κ1) is 28.5. The van der Waals surface area contributed by atoms with Crippen LogP contribution in [0.1, 0.15) is 34.5 Å². The lowest BCUT2D eigenvalue weighted by atomic mass is 9.99. The molecule has 1 atom stereocenters. The van der Waals surface area contributed by atoms with E-state index < -0.39 is 10.0 Å². The predicted octanol–water partition coefficient (Wildman–Crippen LogP) is 5.28. The molecule has 10 heteroatoms. The Balaban J connectivity index is 1.38. The molecule has 0 radical (unpaired) electrons. The SMILES string of the molecule is CCOC(=O)c1cccc([C@H](OCCN2CCN(S(=O)(=O)c3cc(Cl)cc(Cl)c3)CC2)c2ccccc2)c1. The van der Waals surface area contributed by atoms with Gasteiger partial charge in [-0.3, -0.25) is 4.90 Å². The third kappa shape index (κ3) is 7.14. The Kier molecular flexibility index (Phi) is 9.81. The molecule has 0 aliphatic carbocycles. The highest BCUT2D eigenvalue weighted by Gasteiger charge is 2.29. The summed E-state index contributed by atoms with van der Waals surface area (Å²) in [7, 11) is -3.68. The summed E-state index contributed by atoms with van der Waals surface area (Å²) in [5.74, 6) is -0.367. The summed E-state index contributed by atoms with van der Waals surface area (Å²) in [6.45, 7) is 5.02. The van der Waals surface area contributed by atoms with Crippen molar-refractivity contribution >= 4 is 39.2 Å². The number of esters is 1. The zero-order chi connectivity index (χ0) is 27.1. The van der Waals surface area contributed by atoms with Crippen molar-refractivity contribution < 1.29 is 22.7 Å². The zero-order valence-corrected chi connectivity index (χ0v) is 23.4. The fourth-order valence-corrected chi connectivity index (χ4v) is 6.52. The Bertz CT molecular complexity index is 1330. The van der Waals surface area contributed by atoms with E-state index in [2.05, 4.69) is 4.90 Å². The summed E-state index contributed by atoms with van der Waals surface area (Å²) in [4.78, 5) is 14.5. The minimum Gasteiger partial charge on any atom is -0.462 e. The van der Waals surface area contributed by atoms with E-state index in [4.69, 9.17) is 32.7 Å². The first-order chi connectivity index (χ1) is 18.3. The van der Waals surface area contributed by atoms with E-state index in [1.807, 2.05) is 42.5 Å². The van der Waals surface area contributed by atoms with E-state index in [0.717, 1.165) is 11.1 Å². The molecular weight excluding hydrogens is 547 g/mol. The number of piperazine rings is 1. The number of carbonyl (C=O) groups is 1. The molecule has 1 saturated heterocycles. The van der Waals surface area contributed by atoms with Crippen LogP contribution in [-0.2, 0) is 19.5 Å². The van der Waals surface area contributed by atoms with Crippen molar-refractivity contribution in [3.05, 3.63) is 99.5 Å². The molecule has 1 heterocycles. The van der Waals surface area contributed by atoms with E-state index >= 15 is 0 Å². The van der Waals surface area contributed by atoms with Crippen molar-refractivity contribution in [2.75, 3.05) is 45.9 Å². The molecular formula is C28H30Cl2N2O5S. The van der Waals surface area contributed by atoms with Crippen LogP contribution in [0.2, 0.25) is 10.0 Å². The van der Waals surface area contributed by atoms with Gasteiger partial charge in [0.05, 0.1) is 23.7 Å². The zero-order valence-electron chi connectivity index (χ0n) is 21.1. The number of carbonyl (C=O) groups excluding carboxylic acids is 1. The molecule has 0 amide bonds. The lowest BCUT2D eigenvalue weighted by Crippen LogP contribution is -2.49. The number of halogens is 2. The summed E-state index contributed by atoms with van der Waals surface area (Å²) >= 11 is 12.0. The summed E-state index contributed by atoms with van der Waals surface area (Å²) in [5.41, 5.74) is 2.31. The second-order valence-corrected chi connectivity index (χ2v) is 11.7. The average molecular weight is 578 g/mol. The Labute approximate surface area is 233 Å². The normalized spacial score (nSPS) is 15.8. The Morgan fingerprint density at radius 3 is 2.21 bits per heavy atom. The van der Waals surface area contributed by atoms with Gasteiger partial charge in [0, 0.05) is 42.8 Å². The van der Waals surface area contributed by atoms with Crippen molar-refractivity contribution in [2.24, 2.45) is 0 Å². The van der Waals surface area contributed by atoms with Crippen LogP contribution in [0.5, 0.6) is 0 Å². The molecule has 1 aliphatic heterocycles. The molecule has 3 aromatic carbocycles. The molecule has 0 bridgehead atoms. The third-order valence-electron chi connectivity index (χ3n) is 6.30. The number of hydrogen-bond acceptors (Lipinski definition) is 6. The number of sulfonamides is 1. The lowest BCUT2D eigenvalue weighted by molar-refractivity contribution is 0.0511. The van der Waals surface area contributed by atoms with Gasteiger partial charge in [0.2, 0.25) is 10.0 Å². The van der Waals surface area contributed by atoms with Crippen LogP contribution in [0.3, 0.4) is 0 Å². The van der Waals surface area contributed by atoms with E-state index in [1.165, 1.54) is 22.5 Å². The molecule has 3 aromatic rings. The Morgan fingerprint density at radius 1 is 0.895 bits per heavy atom. The molecule has 38 heavy (non-hydrogen) atoms. The van der Waals surface area contributed by atoms with Crippen LogP contribution < -0.4 is 0 Å². The van der Waals surface area contributed by atoms with E-state index in [9.17, 15) is 13.2 Å². The highest BCUT2D eigenvalue weighted by Crippen LogP contribution is 2.28. The van der Waals surface area contributed by atoms with Gasteiger partial charge < -0.3 is 9.47 Å². The molecule has 1 aliphatic rings. The van der Waals surface area contributed by atoms with Gasteiger partial charge in [0.15, 0.2) is 0 Å². The number of rotatable bonds is 10. The van der Waals surface area contributed by atoms with Gasteiger partial charge in [0.25, 0.3) is 0 Å². The summed E-state index contributed by atoms with van der Waals surface area (Å²) in [6, 6.07) is 21.5. The van der Waals surface area contributed by atoms with Gasteiger partial charge in [-0.2, -0.15) is 4.31 Å². The third-order valence-corrected chi connectivity index (χ3v) is 8.61. The maximum absolute atomic E-state index is 13.1. The van der Waals surface area contributed by atoms with Gasteiger partial charge >= 0.3 is 5.97 Å². The first-order valence-electron chi connectivity index (χ1n) is 12.4. The molecule has 0 N–H and O–H groups in total. The van der Waals surface area contributed by atoms with Crippen molar-refractivity contribution in [3.8, 4) is 0 Å². The lowest BCUT2D eigenvalue weighted by Gasteiger charge is -2.34. The minimum absolute atomic E-state index is 0.0996. The maximum Gasteiger partial charge on any atom is 0.338 e. The fourth-order valence-electron chi connectivity index (χ4n) is 4.38. The average Bonchev–Trinajstić information content (AvgIpc) is 2.91. The molecule has 0 spiro atoms. The van der Waals surface area contributed by atoms with Crippen LogP contribution in [0.4, 0.5) is 0 Å². The maximum atomic E-state index is 13.1. The fraction of sp³-hybridized carbons (Fsp3) is 0.321. The van der Waals surface area contributed by atoms with Crippen LogP contribution in [0.25, 0.3) is 0 Å². The number of nitrogens with zero attached hydrogens (tertiary/aromatic N) is 2. The van der Waals surface area contributed by atoms with E-state index in [0.29, 0.717) is 51.5 Å². The Morgan fingerprint density at radius 2 is 1.55 bits per heavy atom. The van der Waals surface area contributed by atoms with Crippen molar-refractivity contribution in [3.63, 3.8) is 0 Å². The van der Waals surface area contributed by atoms with Crippen LogP contribution in [0, 0.1) is 0 Å². The molecule has 7 nitrogen and oxygen atoms in total. The Hall–Kier alpha value is -2.46. The van der Waals surface area contributed by atoms with Gasteiger partial charge in [-0.1, -0.05) is 65.7 Å². The number of hydrogen-bond donors (Lipinski definition) is 0. The van der Waals surface area contributed by atoms with Crippen LogP contribution >= 0.6 is 23.2 Å². The minimum atomic E-state index is -3.68. The molecule has 202 valence electrons. The monoisotopic (exact) mass is 576 g/mol. The summed E-state index contributed by atoms with van der Waals surface area (Å²) < 4.78 is 39.1. The molecule has 4 rings (SSSR count). The standard InChI is InChI=1S/C28H30Cl2N2O5S/c1-2-36-28(33)23-10-6-9-22(17-23)27(21-7-4-3-5-8-21)37-16-15-31-11-13-32(14-12-31)38(34,35)26-19-24(29)18-25(30)20-26/h3-10,17-20,27H,2,11-16H2,1H3/t27-/m1/s1. The molecule has 0 saturated carbocycles. The smallest absolute Gasteiger partial charge is 0.338 e. The number of ether oxygens (including phenoxy) is 2. The van der Waals surface area contributed by atoms with Gasteiger partial charge in [-0.05, 0) is 48.4 Å². The summed E-state index contributed by atoms with van der Waals surface area (Å²) in [5, 5.41) is 0.570. The van der Waals surface area contributed by atoms with Crippen molar-refractivity contribution in [1.29, 1.82) is 0 Å². The highest BCUT2D eigenvalue weighted by atomic mass is 35.5. The van der Waals surface area contributed by atoms with Crippen molar-refractivity contribution in [1.82, 2.24) is 9.21 Å². The molecule has 0 unspecified atom stereocenters. The number of benzene rings is 3. The quantitative estimate of drug-likeness (QED) is 0.305. The molecule has 0 aromatic heterocycles. The van der Waals surface area contributed by atoms with Crippen LogP contribution in [-0.4, -0.2) is 69.5 Å². The predicted molar refractivity (Wildman–Crippen MR) is 148 cm³/mol. The van der Waals surface area contributed by atoms with Crippen molar-refractivity contribution in [2.45, 2.75) is 17.9 Å². The highest BCUT2D eigenvalue weighted by molar-refractivity contribution is 7.89.